The van der Waals surface area contributed by atoms with Crippen LogP contribution < -0.4 is 5.73 Å². The molecule has 0 fully saturated rings. The topological polar surface area (TPSA) is 26.0 Å². The van der Waals surface area contributed by atoms with Crippen LogP contribution in [-0.4, -0.2) is 17.0 Å². The summed E-state index contributed by atoms with van der Waals surface area (Å²) in [6.45, 7) is 6.84. The molecule has 0 saturated heterocycles. The Balaban J connectivity index is 3.15. The van der Waals surface area contributed by atoms with Crippen molar-refractivity contribution in [1.29, 1.82) is 0 Å². The summed E-state index contributed by atoms with van der Waals surface area (Å²) in [5, 5.41) is 0.772. The molecule has 0 heterocycles. The Morgan fingerprint density at radius 3 is 1.80 bits per heavy atom. The van der Waals surface area contributed by atoms with Gasteiger partial charge in [-0.1, -0.05) is 85.0 Å². The molecule has 0 bridgehead atoms. The van der Waals surface area contributed by atoms with E-state index in [9.17, 15) is 0 Å². The highest BCUT2D eigenvalue weighted by atomic mass is 32.2. The molecular formula is C18H39NS. The van der Waals surface area contributed by atoms with Gasteiger partial charge in [0.1, 0.15) is 0 Å². The zero-order chi connectivity index (χ0) is 15.1. The molecule has 0 aromatic heterocycles. The van der Waals surface area contributed by atoms with Gasteiger partial charge in [-0.05, 0) is 12.8 Å². The van der Waals surface area contributed by atoms with Crippen LogP contribution >= 0.6 is 11.8 Å². The summed E-state index contributed by atoms with van der Waals surface area (Å²) in [5.74, 6) is 1.15. The normalized spacial score (nSPS) is 14.4. The predicted molar refractivity (Wildman–Crippen MR) is 96.6 cm³/mol. The van der Waals surface area contributed by atoms with E-state index in [1.54, 1.807) is 0 Å². The van der Waals surface area contributed by atoms with Crippen LogP contribution in [-0.2, 0) is 0 Å². The molecule has 2 unspecified atom stereocenters. The minimum Gasteiger partial charge on any atom is -0.327 e. The van der Waals surface area contributed by atoms with E-state index in [4.69, 9.17) is 5.73 Å². The van der Waals surface area contributed by atoms with E-state index in [0.717, 1.165) is 11.0 Å². The van der Waals surface area contributed by atoms with Crippen LogP contribution in [0.1, 0.15) is 97.8 Å². The number of nitrogens with two attached hydrogens (primary N) is 1. The van der Waals surface area contributed by atoms with E-state index in [-0.39, 0.29) is 0 Å². The van der Waals surface area contributed by atoms with Gasteiger partial charge in [-0.15, -0.1) is 0 Å². The minimum atomic E-state index is 0.419. The molecule has 20 heavy (non-hydrogen) atoms. The SMILES string of the molecule is CCCCCCCCCCCCC(N)CSC(C)CC. The second-order valence-corrected chi connectivity index (χ2v) is 7.75. The molecule has 2 N–H and O–H groups in total. The Labute approximate surface area is 132 Å². The molecule has 0 radical (unpaired) electrons. The minimum absolute atomic E-state index is 0.419. The van der Waals surface area contributed by atoms with Crippen molar-refractivity contribution in [3.8, 4) is 0 Å². The van der Waals surface area contributed by atoms with Crippen molar-refractivity contribution < 1.29 is 0 Å². The highest BCUT2D eigenvalue weighted by Gasteiger charge is 2.05. The maximum Gasteiger partial charge on any atom is 0.0130 e. The van der Waals surface area contributed by atoms with Crippen molar-refractivity contribution in [3.63, 3.8) is 0 Å². The van der Waals surface area contributed by atoms with E-state index in [2.05, 4.69) is 20.8 Å². The highest BCUT2D eigenvalue weighted by Crippen LogP contribution is 2.17. The first-order valence-electron chi connectivity index (χ1n) is 9.07. The van der Waals surface area contributed by atoms with Crippen molar-refractivity contribution >= 4 is 11.8 Å². The van der Waals surface area contributed by atoms with E-state index < -0.39 is 0 Å². The number of hydrogen-bond donors (Lipinski definition) is 1. The molecule has 0 aromatic rings. The zero-order valence-electron chi connectivity index (χ0n) is 14.3. The van der Waals surface area contributed by atoms with Crippen molar-refractivity contribution in [2.45, 2.75) is 109 Å². The van der Waals surface area contributed by atoms with Gasteiger partial charge in [0.15, 0.2) is 0 Å². The van der Waals surface area contributed by atoms with Gasteiger partial charge in [-0.25, -0.2) is 0 Å². The van der Waals surface area contributed by atoms with Gasteiger partial charge < -0.3 is 5.73 Å². The lowest BCUT2D eigenvalue weighted by Crippen LogP contribution is -2.23. The number of unbranched alkanes of at least 4 members (excludes halogenated alkanes) is 9. The third kappa shape index (κ3) is 14.7. The summed E-state index contributed by atoms with van der Waals surface area (Å²) in [5.41, 5.74) is 6.16. The maximum absolute atomic E-state index is 6.16. The fourth-order valence-corrected chi connectivity index (χ4v) is 3.36. The second kappa shape index (κ2) is 15.7. The Bertz CT molecular complexity index is 184. The van der Waals surface area contributed by atoms with Crippen LogP contribution in [0.2, 0.25) is 0 Å². The largest absolute Gasteiger partial charge is 0.327 e. The first-order valence-corrected chi connectivity index (χ1v) is 10.1. The van der Waals surface area contributed by atoms with Gasteiger partial charge >= 0.3 is 0 Å². The third-order valence-corrected chi connectivity index (χ3v) is 5.62. The van der Waals surface area contributed by atoms with Crippen LogP contribution in [0, 0.1) is 0 Å². The summed E-state index contributed by atoms with van der Waals surface area (Å²) in [6, 6.07) is 0.419. The molecule has 0 aliphatic carbocycles. The standard InChI is InChI=1S/C18H39NS/c1-4-6-7-8-9-10-11-12-13-14-15-18(19)16-20-17(3)5-2/h17-18H,4-16,19H2,1-3H3. The Morgan fingerprint density at radius 1 is 0.800 bits per heavy atom. The molecule has 1 nitrogen and oxygen atoms in total. The van der Waals surface area contributed by atoms with Crippen LogP contribution in [0.15, 0.2) is 0 Å². The molecule has 0 spiro atoms. The number of thioether (sulfide) groups is 1. The Kier molecular flexibility index (Phi) is 15.9. The van der Waals surface area contributed by atoms with Gasteiger partial charge in [-0.2, -0.15) is 11.8 Å². The first kappa shape index (κ1) is 20.3. The van der Waals surface area contributed by atoms with Crippen molar-refractivity contribution in [3.05, 3.63) is 0 Å². The molecule has 0 aliphatic heterocycles. The number of rotatable bonds is 15. The monoisotopic (exact) mass is 301 g/mol. The van der Waals surface area contributed by atoms with Gasteiger partial charge in [-0.3, -0.25) is 0 Å². The lowest BCUT2D eigenvalue weighted by atomic mass is 10.0. The lowest BCUT2D eigenvalue weighted by molar-refractivity contribution is 0.535. The van der Waals surface area contributed by atoms with Crippen LogP contribution in [0.3, 0.4) is 0 Å². The molecule has 0 rings (SSSR count). The van der Waals surface area contributed by atoms with Crippen molar-refractivity contribution in [1.82, 2.24) is 0 Å². The summed E-state index contributed by atoms with van der Waals surface area (Å²) in [7, 11) is 0. The average molecular weight is 302 g/mol. The molecule has 2 heteroatoms. The van der Waals surface area contributed by atoms with Gasteiger partial charge in [0.2, 0.25) is 0 Å². The maximum atomic E-state index is 6.16. The van der Waals surface area contributed by atoms with E-state index >= 15 is 0 Å². The number of hydrogen-bond acceptors (Lipinski definition) is 2. The molecular weight excluding hydrogens is 262 g/mol. The first-order chi connectivity index (χ1) is 9.70. The van der Waals surface area contributed by atoms with Gasteiger partial charge in [0.25, 0.3) is 0 Å². The zero-order valence-corrected chi connectivity index (χ0v) is 15.1. The van der Waals surface area contributed by atoms with E-state index in [0.29, 0.717) is 6.04 Å². The smallest absolute Gasteiger partial charge is 0.0130 e. The van der Waals surface area contributed by atoms with Crippen LogP contribution in [0.5, 0.6) is 0 Å². The molecule has 122 valence electrons. The third-order valence-electron chi connectivity index (χ3n) is 4.10. The quantitative estimate of drug-likeness (QED) is 0.367. The summed E-state index contributed by atoms with van der Waals surface area (Å²) >= 11 is 2.04. The molecule has 2 atom stereocenters. The summed E-state index contributed by atoms with van der Waals surface area (Å²) < 4.78 is 0. The molecule has 0 amide bonds. The van der Waals surface area contributed by atoms with Gasteiger partial charge in [0.05, 0.1) is 0 Å². The average Bonchev–Trinajstić information content (AvgIpc) is 2.46. The fraction of sp³-hybridized carbons (Fsp3) is 1.00. The molecule has 0 aromatic carbocycles. The van der Waals surface area contributed by atoms with Crippen LogP contribution in [0.25, 0.3) is 0 Å². The highest BCUT2D eigenvalue weighted by molar-refractivity contribution is 7.99. The van der Waals surface area contributed by atoms with Crippen molar-refractivity contribution in [2.75, 3.05) is 5.75 Å². The predicted octanol–water partition coefficient (Wildman–Crippen LogP) is 6.16. The fourth-order valence-electron chi connectivity index (χ4n) is 2.38. The van der Waals surface area contributed by atoms with Crippen molar-refractivity contribution in [2.24, 2.45) is 5.73 Å². The summed E-state index contributed by atoms with van der Waals surface area (Å²) in [6.07, 6.45) is 16.6. The molecule has 0 aliphatic rings. The van der Waals surface area contributed by atoms with E-state index in [1.165, 1.54) is 77.0 Å². The lowest BCUT2D eigenvalue weighted by Gasteiger charge is -2.14. The Hall–Kier alpha value is 0.310. The second-order valence-electron chi connectivity index (χ2n) is 6.28. The van der Waals surface area contributed by atoms with Crippen LogP contribution in [0.4, 0.5) is 0 Å². The van der Waals surface area contributed by atoms with Gasteiger partial charge in [0, 0.05) is 17.0 Å². The summed E-state index contributed by atoms with van der Waals surface area (Å²) in [4.78, 5) is 0. The van der Waals surface area contributed by atoms with E-state index in [1.807, 2.05) is 11.8 Å². The Morgan fingerprint density at radius 2 is 1.30 bits per heavy atom. The molecule has 0 saturated carbocycles.